The van der Waals surface area contributed by atoms with Crippen LogP contribution >= 0.6 is 11.8 Å². The number of alkyl halides is 3. The van der Waals surface area contributed by atoms with Crippen LogP contribution in [0.5, 0.6) is 0 Å². The number of nitrogens with two attached hydrogens (primary N) is 1. The monoisotopic (exact) mass is 396 g/mol. The molecule has 1 saturated carbocycles. The van der Waals surface area contributed by atoms with Crippen molar-refractivity contribution < 1.29 is 13.2 Å². The number of aryl methyl sites for hydroxylation is 1. The van der Waals surface area contributed by atoms with Crippen LogP contribution in [0.2, 0.25) is 0 Å². The maximum atomic E-state index is 13.4. The molecule has 3 rings (SSSR count). The maximum Gasteiger partial charge on any atom is 0.421 e. The van der Waals surface area contributed by atoms with E-state index >= 15 is 0 Å². The van der Waals surface area contributed by atoms with Crippen LogP contribution in [0.3, 0.4) is 0 Å². The average molecular weight is 396 g/mol. The Morgan fingerprint density at radius 3 is 2.67 bits per heavy atom. The molecule has 1 aromatic carbocycles. The van der Waals surface area contributed by atoms with Crippen LogP contribution in [0.15, 0.2) is 24.3 Å². The predicted octanol–water partition coefficient (Wildman–Crippen LogP) is 5.38. The van der Waals surface area contributed by atoms with Gasteiger partial charge in [-0.3, -0.25) is 0 Å². The number of nitrogen functional groups attached to an aromatic ring is 1. The van der Waals surface area contributed by atoms with E-state index in [1.165, 1.54) is 0 Å². The first-order valence-corrected chi connectivity index (χ1v) is 10.2. The fourth-order valence-electron chi connectivity index (χ4n) is 3.09. The molecule has 1 fully saturated rings. The number of hydrogen-bond donors (Lipinski definition) is 2. The Bertz CT molecular complexity index is 791. The number of hydrogen-bond acceptors (Lipinski definition) is 5. The molecule has 1 aliphatic rings. The summed E-state index contributed by atoms with van der Waals surface area (Å²) in [5.41, 5.74) is 6.70. The van der Waals surface area contributed by atoms with Gasteiger partial charge in [-0.15, -0.1) is 0 Å². The van der Waals surface area contributed by atoms with Gasteiger partial charge in [0.1, 0.15) is 11.4 Å². The lowest BCUT2D eigenvalue weighted by Gasteiger charge is -2.28. The lowest BCUT2D eigenvalue weighted by Crippen LogP contribution is -2.22. The Balaban J connectivity index is 1.85. The van der Waals surface area contributed by atoms with Gasteiger partial charge in [0.2, 0.25) is 5.95 Å². The normalized spacial score (nSPS) is 14.8. The highest BCUT2D eigenvalue weighted by atomic mass is 32.2. The highest BCUT2D eigenvalue weighted by Crippen LogP contribution is 2.44. The lowest BCUT2D eigenvalue weighted by atomic mass is 9.81. The number of rotatable bonds is 7. The Kier molecular flexibility index (Phi) is 6.14. The van der Waals surface area contributed by atoms with Gasteiger partial charge < -0.3 is 11.1 Å². The molecule has 0 amide bonds. The van der Waals surface area contributed by atoms with Gasteiger partial charge in [-0.1, -0.05) is 25.5 Å². The first-order valence-electron chi connectivity index (χ1n) is 9.06. The molecule has 1 aromatic heterocycles. The third-order valence-corrected chi connectivity index (χ3v) is 5.56. The Labute approximate surface area is 161 Å². The summed E-state index contributed by atoms with van der Waals surface area (Å²) >= 11 is 1.86. The van der Waals surface area contributed by atoms with E-state index in [4.69, 9.17) is 5.73 Å². The van der Waals surface area contributed by atoms with E-state index in [1.54, 1.807) is 0 Å². The van der Waals surface area contributed by atoms with Gasteiger partial charge in [-0.2, -0.15) is 29.9 Å². The molecule has 3 N–H and O–H groups in total. The van der Waals surface area contributed by atoms with Crippen LogP contribution in [0.1, 0.15) is 48.9 Å². The summed E-state index contributed by atoms with van der Waals surface area (Å²) in [6.45, 7) is 2.12. The number of halogens is 3. The molecule has 146 valence electrons. The number of benzene rings is 1. The highest BCUT2D eigenvalue weighted by molar-refractivity contribution is 7.99. The minimum absolute atomic E-state index is 0.0132. The quantitative estimate of drug-likeness (QED) is 0.615. The average Bonchev–Trinajstić information content (AvgIpc) is 2.52. The van der Waals surface area contributed by atoms with Crippen LogP contribution < -0.4 is 11.1 Å². The summed E-state index contributed by atoms with van der Waals surface area (Å²) in [6, 6.07) is 7.75. The zero-order valence-corrected chi connectivity index (χ0v) is 16.0. The number of nitrogens with zero attached hydrogens (tertiary/aromatic N) is 2. The maximum absolute atomic E-state index is 13.4. The van der Waals surface area contributed by atoms with Crippen LogP contribution in [0.4, 0.5) is 30.6 Å². The molecule has 1 heterocycles. The summed E-state index contributed by atoms with van der Waals surface area (Å²) in [7, 11) is 0. The van der Waals surface area contributed by atoms with Crippen molar-refractivity contribution in [2.75, 3.05) is 22.6 Å². The fraction of sp³-hybridized carbons (Fsp3) is 0.474. The molecule has 1 aliphatic carbocycles. The van der Waals surface area contributed by atoms with Crippen molar-refractivity contribution in [3.63, 3.8) is 0 Å². The summed E-state index contributed by atoms with van der Waals surface area (Å²) < 4.78 is 40.2. The molecule has 27 heavy (non-hydrogen) atoms. The topological polar surface area (TPSA) is 63.8 Å². The molecule has 0 spiro atoms. The van der Waals surface area contributed by atoms with Crippen molar-refractivity contribution in [2.45, 2.75) is 44.7 Å². The van der Waals surface area contributed by atoms with Crippen molar-refractivity contribution in [3.8, 4) is 0 Å². The number of anilines is 3. The van der Waals surface area contributed by atoms with Crippen LogP contribution in [0.25, 0.3) is 0 Å². The number of aromatic nitrogens is 2. The second kappa shape index (κ2) is 8.37. The Hall–Kier alpha value is -1.96. The molecular weight excluding hydrogens is 373 g/mol. The van der Waals surface area contributed by atoms with Crippen LogP contribution in [-0.2, 0) is 12.6 Å². The van der Waals surface area contributed by atoms with Gasteiger partial charge in [-0.25, -0.2) is 4.98 Å². The zero-order chi connectivity index (χ0) is 19.4. The van der Waals surface area contributed by atoms with E-state index < -0.39 is 17.6 Å². The first-order chi connectivity index (χ1) is 12.9. The Morgan fingerprint density at radius 1 is 1.26 bits per heavy atom. The number of thioether (sulfide) groups is 1. The van der Waals surface area contributed by atoms with Crippen LogP contribution in [0, 0.1) is 0 Å². The second-order valence-electron chi connectivity index (χ2n) is 6.59. The summed E-state index contributed by atoms with van der Waals surface area (Å²) in [5, 5.41) is 3.02. The minimum Gasteiger partial charge on any atom is -0.383 e. The summed E-state index contributed by atoms with van der Waals surface area (Å²) in [6.07, 6.45) is -1.32. The van der Waals surface area contributed by atoms with Gasteiger partial charge in [0.25, 0.3) is 0 Å². The van der Waals surface area contributed by atoms with Crippen LogP contribution in [-0.4, -0.2) is 21.5 Å². The molecule has 0 aliphatic heterocycles. The molecule has 4 nitrogen and oxygen atoms in total. The first kappa shape index (κ1) is 19.8. The SMILES string of the molecule is CCSCCc1cccc(Nc2nc(N)c(C(F)(F)F)c(C3CCC3)n2)c1. The predicted molar refractivity (Wildman–Crippen MR) is 104 cm³/mol. The molecule has 8 heteroatoms. The van der Waals surface area contributed by atoms with Crippen molar-refractivity contribution >= 4 is 29.2 Å². The van der Waals surface area contributed by atoms with Gasteiger partial charge in [-0.05, 0) is 48.5 Å². The van der Waals surface area contributed by atoms with Gasteiger partial charge in [0.15, 0.2) is 0 Å². The van der Waals surface area contributed by atoms with Crippen molar-refractivity contribution in [1.29, 1.82) is 0 Å². The lowest BCUT2D eigenvalue weighted by molar-refractivity contribution is -0.138. The van der Waals surface area contributed by atoms with E-state index in [9.17, 15) is 13.2 Å². The van der Waals surface area contributed by atoms with Gasteiger partial charge in [0, 0.05) is 11.6 Å². The third-order valence-electron chi connectivity index (χ3n) is 4.66. The van der Waals surface area contributed by atoms with E-state index in [0.717, 1.165) is 35.6 Å². The van der Waals surface area contributed by atoms with Gasteiger partial charge >= 0.3 is 6.18 Å². The minimum atomic E-state index is -4.55. The zero-order valence-electron chi connectivity index (χ0n) is 15.1. The smallest absolute Gasteiger partial charge is 0.383 e. The number of nitrogens with one attached hydrogen (secondary N) is 1. The molecular formula is C19H23F3N4S. The van der Waals surface area contributed by atoms with E-state index in [-0.39, 0.29) is 17.6 Å². The van der Waals surface area contributed by atoms with Crippen molar-refractivity contribution in [2.24, 2.45) is 0 Å². The van der Waals surface area contributed by atoms with Crippen molar-refractivity contribution in [3.05, 3.63) is 41.1 Å². The van der Waals surface area contributed by atoms with E-state index in [2.05, 4.69) is 22.2 Å². The Morgan fingerprint density at radius 2 is 2.04 bits per heavy atom. The largest absolute Gasteiger partial charge is 0.421 e. The molecule has 0 radical (unpaired) electrons. The van der Waals surface area contributed by atoms with Gasteiger partial charge in [0.05, 0.1) is 5.69 Å². The molecule has 0 atom stereocenters. The molecule has 0 saturated heterocycles. The standard InChI is InChI=1S/C19H23F3N4S/c1-2-27-10-9-12-5-3-8-14(11-12)24-18-25-16(13-6-4-7-13)15(17(23)26-18)19(20,21)22/h3,5,8,11,13H,2,4,6-7,9-10H2,1H3,(H3,23,24,25,26). The fourth-order valence-corrected chi connectivity index (χ4v) is 3.76. The van der Waals surface area contributed by atoms with Crippen molar-refractivity contribution in [1.82, 2.24) is 9.97 Å². The molecule has 0 unspecified atom stereocenters. The summed E-state index contributed by atoms with van der Waals surface area (Å²) in [5.74, 6) is 1.49. The second-order valence-corrected chi connectivity index (χ2v) is 7.98. The van der Waals surface area contributed by atoms with E-state index in [0.29, 0.717) is 12.8 Å². The highest BCUT2D eigenvalue weighted by Gasteiger charge is 2.41. The molecule has 0 bridgehead atoms. The summed E-state index contributed by atoms with van der Waals surface area (Å²) in [4.78, 5) is 8.07. The third kappa shape index (κ3) is 4.86. The molecule has 2 aromatic rings. The van der Waals surface area contributed by atoms with E-state index in [1.807, 2.05) is 36.0 Å².